The summed E-state index contributed by atoms with van der Waals surface area (Å²) in [5.74, 6) is 1.15. The summed E-state index contributed by atoms with van der Waals surface area (Å²) in [6, 6.07) is 5.96. The zero-order chi connectivity index (χ0) is 18.6. The second-order valence-electron chi connectivity index (χ2n) is 8.85. The van der Waals surface area contributed by atoms with Crippen LogP contribution in [0.4, 0.5) is 0 Å². The summed E-state index contributed by atoms with van der Waals surface area (Å²) < 4.78 is 5.54. The van der Waals surface area contributed by atoms with Crippen molar-refractivity contribution >= 4 is 5.91 Å². The van der Waals surface area contributed by atoms with Crippen molar-refractivity contribution in [2.75, 3.05) is 32.8 Å². The minimum atomic E-state index is -0.400. The van der Waals surface area contributed by atoms with E-state index >= 15 is 0 Å². The summed E-state index contributed by atoms with van der Waals surface area (Å²) in [4.78, 5) is 19.8. The number of nitrogens with one attached hydrogen (secondary N) is 1. The number of carbonyl (C=O) groups is 1. The molecule has 0 aromatic carbocycles. The Morgan fingerprint density at radius 2 is 2.23 bits per heavy atom. The number of hydrogen-bond acceptors (Lipinski definition) is 4. The van der Waals surface area contributed by atoms with Crippen molar-refractivity contribution in [3.8, 4) is 0 Å². The summed E-state index contributed by atoms with van der Waals surface area (Å²) >= 11 is 0. The van der Waals surface area contributed by atoms with Crippen molar-refractivity contribution in [1.82, 2.24) is 15.2 Å². The summed E-state index contributed by atoms with van der Waals surface area (Å²) in [5, 5.41) is 3.30. The van der Waals surface area contributed by atoms with E-state index in [2.05, 4.69) is 15.2 Å². The van der Waals surface area contributed by atoms with E-state index in [1.54, 1.807) is 0 Å². The van der Waals surface area contributed by atoms with E-state index in [4.69, 9.17) is 4.74 Å². The average Bonchev–Trinajstić information content (AvgIpc) is 3.12. The molecule has 0 radical (unpaired) electrons. The van der Waals surface area contributed by atoms with E-state index < -0.39 is 5.41 Å². The average molecular weight is 360 g/mol. The van der Waals surface area contributed by atoms with Gasteiger partial charge in [-0.3, -0.25) is 9.78 Å². The number of rotatable bonds is 5. The number of nitrogens with zero attached hydrogens (tertiary/aromatic N) is 2. The van der Waals surface area contributed by atoms with Crippen molar-refractivity contribution in [2.45, 2.75) is 46.1 Å². The number of pyridine rings is 1. The van der Waals surface area contributed by atoms with Crippen LogP contribution >= 0.6 is 0 Å². The molecule has 0 unspecified atom stereocenters. The Kier molecular flexibility index (Phi) is 6.30. The molecule has 2 aliphatic heterocycles. The van der Waals surface area contributed by atoms with E-state index in [0.29, 0.717) is 11.8 Å². The highest BCUT2D eigenvalue weighted by Crippen LogP contribution is 2.31. The number of carbonyl (C=O) groups excluding carboxylic acids is 1. The SMILES string of the molecule is CC(C)(C)C(=O)N[C@H](c1ccccn1)[C@H]1CCCN(C[C@@H]2CCOC2)C1. The van der Waals surface area contributed by atoms with Crippen LogP contribution in [0.3, 0.4) is 0 Å². The summed E-state index contributed by atoms with van der Waals surface area (Å²) in [6.45, 7) is 11.0. The van der Waals surface area contributed by atoms with Gasteiger partial charge in [-0.15, -0.1) is 0 Å². The lowest BCUT2D eigenvalue weighted by atomic mass is 9.86. The first-order valence-electron chi connectivity index (χ1n) is 9.95. The maximum Gasteiger partial charge on any atom is 0.225 e. The molecule has 1 aromatic heterocycles. The summed E-state index contributed by atoms with van der Waals surface area (Å²) in [6.07, 6.45) is 5.30. The molecule has 1 aromatic rings. The predicted octanol–water partition coefficient (Wildman–Crippen LogP) is 3.03. The van der Waals surface area contributed by atoms with Gasteiger partial charge in [-0.2, -0.15) is 0 Å². The normalized spacial score (nSPS) is 25.8. The fourth-order valence-electron chi connectivity index (χ4n) is 3.97. The molecule has 26 heavy (non-hydrogen) atoms. The van der Waals surface area contributed by atoms with Gasteiger partial charge in [0.25, 0.3) is 0 Å². The highest BCUT2D eigenvalue weighted by Gasteiger charge is 2.33. The summed E-state index contributed by atoms with van der Waals surface area (Å²) in [7, 11) is 0. The fraction of sp³-hybridized carbons (Fsp3) is 0.714. The molecule has 5 heteroatoms. The molecule has 2 fully saturated rings. The van der Waals surface area contributed by atoms with E-state index in [-0.39, 0.29) is 11.9 Å². The first kappa shape index (κ1) is 19.3. The Balaban J connectivity index is 1.71. The number of aromatic nitrogens is 1. The molecular weight excluding hydrogens is 326 g/mol. The van der Waals surface area contributed by atoms with E-state index in [1.165, 1.54) is 12.8 Å². The minimum absolute atomic E-state index is 0.0226. The highest BCUT2D eigenvalue weighted by atomic mass is 16.5. The predicted molar refractivity (Wildman–Crippen MR) is 103 cm³/mol. The topological polar surface area (TPSA) is 54.5 Å². The molecule has 2 aliphatic rings. The van der Waals surface area contributed by atoms with E-state index in [0.717, 1.165) is 45.0 Å². The first-order chi connectivity index (χ1) is 12.4. The van der Waals surface area contributed by atoms with Gasteiger partial charge < -0.3 is 15.0 Å². The number of likely N-dealkylation sites (tertiary alicyclic amines) is 1. The molecule has 5 nitrogen and oxygen atoms in total. The zero-order valence-electron chi connectivity index (χ0n) is 16.4. The molecule has 1 amide bonds. The van der Waals surface area contributed by atoms with Gasteiger partial charge in [0.05, 0.1) is 18.3 Å². The van der Waals surface area contributed by atoms with Crippen LogP contribution in [0.2, 0.25) is 0 Å². The minimum Gasteiger partial charge on any atom is -0.381 e. The number of hydrogen-bond donors (Lipinski definition) is 1. The Bertz CT molecular complexity index is 579. The van der Waals surface area contributed by atoms with Gasteiger partial charge in [0.2, 0.25) is 5.91 Å². The first-order valence-corrected chi connectivity index (χ1v) is 9.95. The molecule has 1 N–H and O–H groups in total. The third kappa shape index (κ3) is 5.04. The molecule has 3 heterocycles. The van der Waals surface area contributed by atoms with Crippen molar-refractivity contribution in [3.63, 3.8) is 0 Å². The lowest BCUT2D eigenvalue weighted by Gasteiger charge is -2.38. The largest absolute Gasteiger partial charge is 0.381 e. The van der Waals surface area contributed by atoms with Crippen LogP contribution in [0.25, 0.3) is 0 Å². The van der Waals surface area contributed by atoms with Gasteiger partial charge >= 0.3 is 0 Å². The van der Waals surface area contributed by atoms with Gasteiger partial charge in [0, 0.05) is 31.3 Å². The zero-order valence-corrected chi connectivity index (χ0v) is 16.4. The van der Waals surface area contributed by atoms with Crippen LogP contribution < -0.4 is 5.32 Å². The molecule has 3 atom stereocenters. The lowest BCUT2D eigenvalue weighted by molar-refractivity contribution is -0.130. The highest BCUT2D eigenvalue weighted by molar-refractivity contribution is 5.81. The molecule has 0 aliphatic carbocycles. The molecule has 0 saturated carbocycles. The van der Waals surface area contributed by atoms with E-state index in [9.17, 15) is 4.79 Å². The molecular formula is C21H33N3O2. The third-order valence-electron chi connectivity index (χ3n) is 5.53. The monoisotopic (exact) mass is 359 g/mol. The standard InChI is InChI=1S/C21H33N3O2/c1-21(2,3)20(25)23-19(18-8-4-5-10-22-18)17-7-6-11-24(14-17)13-16-9-12-26-15-16/h4-5,8,10,16-17,19H,6-7,9,11-15H2,1-3H3,(H,23,25)/t16-,17-,19-/m0/s1. The quantitative estimate of drug-likeness (QED) is 0.878. The Labute approximate surface area is 157 Å². The number of amides is 1. The third-order valence-corrected chi connectivity index (χ3v) is 5.53. The van der Waals surface area contributed by atoms with Crippen LogP contribution in [0.15, 0.2) is 24.4 Å². The maximum absolute atomic E-state index is 12.7. The van der Waals surface area contributed by atoms with Crippen LogP contribution in [-0.4, -0.2) is 48.6 Å². The number of piperidine rings is 1. The smallest absolute Gasteiger partial charge is 0.225 e. The van der Waals surface area contributed by atoms with Gasteiger partial charge in [-0.25, -0.2) is 0 Å². The fourth-order valence-corrected chi connectivity index (χ4v) is 3.97. The number of ether oxygens (including phenoxy) is 1. The Morgan fingerprint density at radius 1 is 1.38 bits per heavy atom. The van der Waals surface area contributed by atoms with Gasteiger partial charge in [-0.05, 0) is 49.8 Å². The second-order valence-corrected chi connectivity index (χ2v) is 8.85. The molecule has 0 bridgehead atoms. The van der Waals surface area contributed by atoms with Crippen LogP contribution in [0.5, 0.6) is 0 Å². The van der Waals surface area contributed by atoms with Crippen LogP contribution in [0.1, 0.15) is 51.8 Å². The van der Waals surface area contributed by atoms with Crippen molar-refractivity contribution < 1.29 is 9.53 Å². The van der Waals surface area contributed by atoms with Crippen molar-refractivity contribution in [3.05, 3.63) is 30.1 Å². The Hall–Kier alpha value is -1.46. The summed E-state index contributed by atoms with van der Waals surface area (Å²) in [5.41, 5.74) is 0.573. The lowest BCUT2D eigenvalue weighted by Crippen LogP contribution is -2.46. The molecule has 3 rings (SSSR count). The van der Waals surface area contributed by atoms with Gasteiger partial charge in [0.15, 0.2) is 0 Å². The van der Waals surface area contributed by atoms with Gasteiger partial charge in [-0.1, -0.05) is 26.8 Å². The van der Waals surface area contributed by atoms with Crippen LogP contribution in [-0.2, 0) is 9.53 Å². The van der Waals surface area contributed by atoms with E-state index in [1.807, 2.05) is 45.2 Å². The van der Waals surface area contributed by atoms with Crippen molar-refractivity contribution in [2.24, 2.45) is 17.3 Å². The second kappa shape index (κ2) is 8.49. The maximum atomic E-state index is 12.7. The molecule has 144 valence electrons. The van der Waals surface area contributed by atoms with Gasteiger partial charge in [0.1, 0.15) is 0 Å². The Morgan fingerprint density at radius 3 is 2.88 bits per heavy atom. The van der Waals surface area contributed by atoms with Crippen LogP contribution in [0, 0.1) is 17.3 Å². The van der Waals surface area contributed by atoms with Crippen molar-refractivity contribution in [1.29, 1.82) is 0 Å². The molecule has 0 spiro atoms. The molecule has 2 saturated heterocycles.